The van der Waals surface area contributed by atoms with E-state index in [2.05, 4.69) is 22.4 Å². The molecule has 3 nitrogen and oxygen atoms in total. The Morgan fingerprint density at radius 2 is 1.80 bits per heavy atom. The van der Waals surface area contributed by atoms with Crippen LogP contribution in [0.25, 0.3) is 10.9 Å². The highest BCUT2D eigenvalue weighted by Crippen LogP contribution is 2.25. The predicted octanol–water partition coefficient (Wildman–Crippen LogP) is 4.16. The van der Waals surface area contributed by atoms with E-state index >= 15 is 0 Å². The van der Waals surface area contributed by atoms with Gasteiger partial charge >= 0.3 is 0 Å². The van der Waals surface area contributed by atoms with Crippen LogP contribution in [-0.4, -0.2) is 4.98 Å². The van der Waals surface area contributed by atoms with Crippen LogP contribution in [0, 0.1) is 18.3 Å². The van der Waals surface area contributed by atoms with Crippen LogP contribution in [0.2, 0.25) is 0 Å². The third kappa shape index (κ3) is 2.32. The van der Waals surface area contributed by atoms with Crippen molar-refractivity contribution in [2.24, 2.45) is 0 Å². The van der Waals surface area contributed by atoms with Crippen molar-refractivity contribution in [3.63, 3.8) is 0 Å². The first kappa shape index (κ1) is 12.2. The summed E-state index contributed by atoms with van der Waals surface area (Å²) in [5, 5.41) is 13.3. The van der Waals surface area contributed by atoms with Crippen LogP contribution >= 0.6 is 0 Å². The highest BCUT2D eigenvalue weighted by atomic mass is 14.9. The molecule has 0 fully saturated rings. The maximum absolute atomic E-state index is 8.81. The predicted molar refractivity (Wildman–Crippen MR) is 80.9 cm³/mol. The molecular formula is C17H13N3. The molecule has 0 radical (unpaired) electrons. The molecule has 0 amide bonds. The van der Waals surface area contributed by atoms with Gasteiger partial charge in [0.05, 0.1) is 22.8 Å². The second-order valence-electron chi connectivity index (χ2n) is 4.64. The van der Waals surface area contributed by atoms with Gasteiger partial charge in [0.25, 0.3) is 0 Å². The third-order valence-corrected chi connectivity index (χ3v) is 3.15. The molecule has 3 aromatic rings. The summed E-state index contributed by atoms with van der Waals surface area (Å²) in [6.45, 7) is 1.98. The number of fused-ring (bicyclic) bond motifs is 1. The van der Waals surface area contributed by atoms with E-state index in [-0.39, 0.29) is 0 Å². The van der Waals surface area contributed by atoms with Gasteiger partial charge in [-0.15, -0.1) is 0 Å². The summed E-state index contributed by atoms with van der Waals surface area (Å²) in [5.41, 5.74) is 4.52. The number of aryl methyl sites for hydroxylation is 1. The minimum Gasteiger partial charge on any atom is -0.354 e. The molecule has 0 bridgehead atoms. The van der Waals surface area contributed by atoms with E-state index in [0.717, 1.165) is 28.0 Å². The monoisotopic (exact) mass is 259 g/mol. The van der Waals surface area contributed by atoms with Crippen molar-refractivity contribution in [2.45, 2.75) is 6.92 Å². The zero-order chi connectivity index (χ0) is 13.9. The number of para-hydroxylation sites is 1. The zero-order valence-corrected chi connectivity index (χ0v) is 11.1. The zero-order valence-electron chi connectivity index (χ0n) is 11.1. The molecule has 0 atom stereocenters. The van der Waals surface area contributed by atoms with Gasteiger partial charge in [0.2, 0.25) is 0 Å². The molecule has 1 N–H and O–H groups in total. The van der Waals surface area contributed by atoms with Gasteiger partial charge in [0.15, 0.2) is 0 Å². The second kappa shape index (κ2) is 5.02. The van der Waals surface area contributed by atoms with Crippen LogP contribution in [-0.2, 0) is 0 Å². The molecule has 96 valence electrons. The van der Waals surface area contributed by atoms with Gasteiger partial charge in [-0.3, -0.25) is 4.98 Å². The molecule has 20 heavy (non-hydrogen) atoms. The van der Waals surface area contributed by atoms with Crippen molar-refractivity contribution in [3.05, 3.63) is 65.9 Å². The average molecular weight is 259 g/mol. The second-order valence-corrected chi connectivity index (χ2v) is 4.64. The fourth-order valence-electron chi connectivity index (χ4n) is 2.13. The number of nitrogens with zero attached hydrogens (tertiary/aromatic N) is 2. The van der Waals surface area contributed by atoms with E-state index in [1.165, 1.54) is 0 Å². The lowest BCUT2D eigenvalue weighted by atomic mass is 10.1. The van der Waals surface area contributed by atoms with Crippen molar-refractivity contribution < 1.29 is 0 Å². The van der Waals surface area contributed by atoms with Crippen molar-refractivity contribution in [1.29, 1.82) is 5.26 Å². The summed E-state index contributed by atoms with van der Waals surface area (Å²) < 4.78 is 0. The molecule has 0 saturated heterocycles. The molecule has 0 unspecified atom stereocenters. The highest BCUT2D eigenvalue weighted by Gasteiger charge is 2.03. The van der Waals surface area contributed by atoms with Crippen LogP contribution < -0.4 is 5.32 Å². The molecule has 0 saturated carbocycles. The Morgan fingerprint density at radius 3 is 2.55 bits per heavy atom. The topological polar surface area (TPSA) is 48.7 Å². The molecule has 3 heteroatoms. The van der Waals surface area contributed by atoms with Crippen LogP contribution in [0.4, 0.5) is 11.4 Å². The number of pyridine rings is 1. The Morgan fingerprint density at radius 1 is 1.00 bits per heavy atom. The Bertz CT molecular complexity index is 799. The number of anilines is 2. The number of hydrogen-bond donors (Lipinski definition) is 1. The number of benzene rings is 2. The van der Waals surface area contributed by atoms with Gasteiger partial charge in [-0.25, -0.2) is 0 Å². The third-order valence-electron chi connectivity index (χ3n) is 3.15. The lowest BCUT2D eigenvalue weighted by Gasteiger charge is -2.09. The van der Waals surface area contributed by atoms with Gasteiger partial charge in [0, 0.05) is 16.8 Å². The number of aromatic nitrogens is 1. The summed E-state index contributed by atoms with van der Waals surface area (Å²) in [6, 6.07) is 19.6. The molecule has 0 aliphatic carbocycles. The van der Waals surface area contributed by atoms with E-state index in [9.17, 15) is 0 Å². The minimum absolute atomic E-state index is 0.655. The van der Waals surface area contributed by atoms with Gasteiger partial charge in [-0.2, -0.15) is 5.26 Å². The summed E-state index contributed by atoms with van der Waals surface area (Å²) in [4.78, 5) is 4.59. The first-order valence-electron chi connectivity index (χ1n) is 6.40. The Hall–Kier alpha value is -2.86. The van der Waals surface area contributed by atoms with Gasteiger partial charge < -0.3 is 5.32 Å². The van der Waals surface area contributed by atoms with Crippen molar-refractivity contribution in [1.82, 2.24) is 4.98 Å². The number of rotatable bonds is 2. The maximum Gasteiger partial charge on any atom is 0.0991 e. The fraction of sp³-hybridized carbons (Fsp3) is 0.0588. The summed E-state index contributed by atoms with van der Waals surface area (Å²) in [7, 11) is 0. The SMILES string of the molecule is Cc1ccc2cccc(Nc3ccc(C#N)cc3)c2n1. The number of hydrogen-bond acceptors (Lipinski definition) is 3. The van der Waals surface area contributed by atoms with Crippen LogP contribution in [0.5, 0.6) is 0 Å². The average Bonchev–Trinajstić information content (AvgIpc) is 2.49. The Kier molecular flexibility index (Phi) is 3.06. The van der Waals surface area contributed by atoms with Crippen LogP contribution in [0.1, 0.15) is 11.3 Å². The summed E-state index contributed by atoms with van der Waals surface area (Å²) in [5.74, 6) is 0. The highest BCUT2D eigenvalue weighted by molar-refractivity contribution is 5.92. The lowest BCUT2D eigenvalue weighted by Crippen LogP contribution is -1.94. The van der Waals surface area contributed by atoms with Gasteiger partial charge in [-0.1, -0.05) is 18.2 Å². The van der Waals surface area contributed by atoms with E-state index in [1.54, 1.807) is 12.1 Å². The molecule has 2 aromatic carbocycles. The minimum atomic E-state index is 0.655. The smallest absolute Gasteiger partial charge is 0.0991 e. The standard InChI is InChI=1S/C17H13N3/c1-12-5-8-14-3-2-4-16(17(14)19-12)20-15-9-6-13(11-18)7-10-15/h2-10,20H,1H3. The molecule has 3 rings (SSSR count). The quantitative estimate of drug-likeness (QED) is 0.751. The lowest BCUT2D eigenvalue weighted by molar-refractivity contribution is 1.25. The van der Waals surface area contributed by atoms with Gasteiger partial charge in [0.1, 0.15) is 0 Å². The first-order valence-corrected chi connectivity index (χ1v) is 6.40. The Balaban J connectivity index is 2.01. The van der Waals surface area contributed by atoms with E-state index in [0.29, 0.717) is 5.56 Å². The summed E-state index contributed by atoms with van der Waals surface area (Å²) in [6.07, 6.45) is 0. The molecule has 0 aliphatic heterocycles. The van der Waals surface area contributed by atoms with E-state index < -0.39 is 0 Å². The summed E-state index contributed by atoms with van der Waals surface area (Å²) >= 11 is 0. The van der Waals surface area contributed by atoms with E-state index in [4.69, 9.17) is 5.26 Å². The largest absolute Gasteiger partial charge is 0.354 e. The molecular weight excluding hydrogens is 246 g/mol. The van der Waals surface area contributed by atoms with Crippen LogP contribution in [0.15, 0.2) is 54.6 Å². The van der Waals surface area contributed by atoms with Gasteiger partial charge in [-0.05, 0) is 43.3 Å². The fourth-order valence-corrected chi connectivity index (χ4v) is 2.13. The number of nitrogens with one attached hydrogen (secondary N) is 1. The molecule has 0 spiro atoms. The van der Waals surface area contributed by atoms with Crippen molar-refractivity contribution >= 4 is 22.3 Å². The van der Waals surface area contributed by atoms with Crippen molar-refractivity contribution in [2.75, 3.05) is 5.32 Å². The Labute approximate surface area is 117 Å². The molecule has 1 aromatic heterocycles. The maximum atomic E-state index is 8.81. The number of nitriles is 1. The van der Waals surface area contributed by atoms with Crippen molar-refractivity contribution in [3.8, 4) is 6.07 Å². The molecule has 0 aliphatic rings. The first-order chi connectivity index (χ1) is 9.76. The molecule has 1 heterocycles. The van der Waals surface area contributed by atoms with E-state index in [1.807, 2.05) is 43.3 Å². The normalized spacial score (nSPS) is 10.2. The van der Waals surface area contributed by atoms with Crippen LogP contribution in [0.3, 0.4) is 0 Å².